The van der Waals surface area contributed by atoms with Crippen molar-refractivity contribution in [3.05, 3.63) is 17.7 Å². The lowest BCUT2D eigenvalue weighted by molar-refractivity contribution is -0.125. The molecule has 0 aliphatic carbocycles. The van der Waals surface area contributed by atoms with Gasteiger partial charge in [0.05, 0.1) is 11.4 Å². The molecule has 2 aliphatic heterocycles. The number of carbonyl (C=O) groups is 1. The Kier molecular flexibility index (Phi) is 5.33. The van der Waals surface area contributed by atoms with E-state index in [0.29, 0.717) is 24.5 Å². The summed E-state index contributed by atoms with van der Waals surface area (Å²) in [5.74, 6) is 0.228. The molecule has 1 amide bonds. The summed E-state index contributed by atoms with van der Waals surface area (Å²) in [6.07, 6.45) is 4.50. The van der Waals surface area contributed by atoms with Crippen LogP contribution in [0.4, 0.5) is 11.4 Å². The summed E-state index contributed by atoms with van der Waals surface area (Å²) in [6, 6.07) is 3.34. The predicted molar refractivity (Wildman–Crippen MR) is 95.7 cm³/mol. The van der Waals surface area contributed by atoms with Crippen molar-refractivity contribution in [2.24, 2.45) is 0 Å². The molecule has 9 heteroatoms. The number of benzene rings is 1. The van der Waals surface area contributed by atoms with E-state index < -0.39 is 10.2 Å². The van der Waals surface area contributed by atoms with Crippen LogP contribution in [-0.4, -0.2) is 38.3 Å². The minimum absolute atomic E-state index is 0.299. The van der Waals surface area contributed by atoms with Gasteiger partial charge in [-0.25, -0.2) is 0 Å². The third-order valence-corrected chi connectivity index (χ3v) is 5.90. The number of hydroxylamine groups is 1. The summed E-state index contributed by atoms with van der Waals surface area (Å²) in [5, 5.41) is 3.25. The molecule has 0 aromatic heterocycles. The first kappa shape index (κ1) is 17.8. The summed E-state index contributed by atoms with van der Waals surface area (Å²) < 4.78 is 29.5. The fourth-order valence-corrected chi connectivity index (χ4v) is 4.49. The Morgan fingerprint density at radius 2 is 1.96 bits per heavy atom. The van der Waals surface area contributed by atoms with Crippen LogP contribution in [0.5, 0.6) is 5.75 Å². The molecule has 2 heterocycles. The number of piperidine rings is 1. The van der Waals surface area contributed by atoms with Crippen molar-refractivity contribution in [1.82, 2.24) is 9.79 Å². The molecule has 138 valence electrons. The van der Waals surface area contributed by atoms with Gasteiger partial charge in [-0.2, -0.15) is 18.2 Å². The number of amides is 1. The second-order valence-electron chi connectivity index (χ2n) is 6.32. The molecule has 1 saturated heterocycles. The van der Waals surface area contributed by atoms with Crippen LogP contribution in [0.15, 0.2) is 12.1 Å². The molecule has 1 aromatic rings. The van der Waals surface area contributed by atoms with Crippen LogP contribution < -0.4 is 20.4 Å². The van der Waals surface area contributed by atoms with Gasteiger partial charge < -0.3 is 10.2 Å². The van der Waals surface area contributed by atoms with E-state index in [-0.39, 0.29) is 5.91 Å². The highest BCUT2D eigenvalue weighted by molar-refractivity contribution is 7.90. The fraction of sp³-hybridized carbons (Fsp3) is 0.562. The molecule has 0 saturated carbocycles. The van der Waals surface area contributed by atoms with Crippen LogP contribution in [-0.2, 0) is 21.4 Å². The molecule has 0 bridgehead atoms. The van der Waals surface area contributed by atoms with Gasteiger partial charge in [0.1, 0.15) is 0 Å². The van der Waals surface area contributed by atoms with Gasteiger partial charge in [0.25, 0.3) is 0 Å². The Morgan fingerprint density at radius 3 is 2.68 bits per heavy atom. The quantitative estimate of drug-likeness (QED) is 0.686. The van der Waals surface area contributed by atoms with Crippen LogP contribution in [0.1, 0.15) is 38.2 Å². The summed E-state index contributed by atoms with van der Waals surface area (Å²) in [5.41, 5.74) is 4.40. The summed E-state index contributed by atoms with van der Waals surface area (Å²) in [7, 11) is -3.58. The maximum atomic E-state index is 12.6. The number of anilines is 2. The normalized spacial score (nSPS) is 18.0. The van der Waals surface area contributed by atoms with E-state index >= 15 is 0 Å². The van der Waals surface area contributed by atoms with E-state index in [1.807, 2.05) is 0 Å². The third kappa shape index (κ3) is 4.16. The highest BCUT2D eigenvalue weighted by atomic mass is 32.2. The first-order valence-electron chi connectivity index (χ1n) is 8.58. The van der Waals surface area contributed by atoms with Crippen molar-refractivity contribution >= 4 is 27.5 Å². The highest BCUT2D eigenvalue weighted by Gasteiger charge is 2.26. The van der Waals surface area contributed by atoms with Crippen molar-refractivity contribution in [1.29, 1.82) is 0 Å². The second kappa shape index (κ2) is 7.49. The molecule has 3 rings (SSSR count). The number of carbonyl (C=O) groups excluding carboxylic acids is 1. The summed E-state index contributed by atoms with van der Waals surface area (Å²) >= 11 is 0. The van der Waals surface area contributed by atoms with E-state index in [1.165, 1.54) is 11.2 Å². The first-order chi connectivity index (χ1) is 12.0. The molecule has 1 aromatic carbocycles. The topological polar surface area (TPSA) is 99.8 Å². The van der Waals surface area contributed by atoms with E-state index in [9.17, 15) is 13.2 Å². The molecular formula is C16H24N4O4S. The van der Waals surface area contributed by atoms with Gasteiger partial charge in [-0.1, -0.05) is 6.42 Å². The van der Waals surface area contributed by atoms with Gasteiger partial charge in [0, 0.05) is 32.1 Å². The second-order valence-corrected chi connectivity index (χ2v) is 7.99. The number of hydrogen-bond acceptors (Lipinski definition) is 5. The average Bonchev–Trinajstić information content (AvgIpc) is 2.61. The van der Waals surface area contributed by atoms with Gasteiger partial charge in [-0.15, -0.1) is 0 Å². The zero-order valence-electron chi connectivity index (χ0n) is 14.3. The lowest BCUT2D eigenvalue weighted by Gasteiger charge is -2.28. The SMILES string of the molecule is CC(=O)NOc1ccc(NS(=O)(=O)N2CCCCC2)c2c1CCCN2. The molecule has 2 aliphatic rings. The number of nitrogens with zero attached hydrogens (tertiary/aromatic N) is 1. The first-order valence-corrected chi connectivity index (χ1v) is 10.0. The minimum atomic E-state index is -3.58. The highest BCUT2D eigenvalue weighted by Crippen LogP contribution is 2.37. The largest absolute Gasteiger partial charge is 0.383 e. The van der Waals surface area contributed by atoms with Crippen molar-refractivity contribution < 1.29 is 18.0 Å². The van der Waals surface area contributed by atoms with E-state index in [0.717, 1.165) is 49.9 Å². The molecule has 0 spiro atoms. The maximum Gasteiger partial charge on any atom is 0.301 e. The van der Waals surface area contributed by atoms with Crippen molar-refractivity contribution in [2.45, 2.75) is 39.0 Å². The van der Waals surface area contributed by atoms with Gasteiger partial charge in [0.2, 0.25) is 5.91 Å². The molecule has 3 N–H and O–H groups in total. The van der Waals surface area contributed by atoms with Gasteiger partial charge in [-0.05, 0) is 37.8 Å². The van der Waals surface area contributed by atoms with E-state index in [4.69, 9.17) is 4.84 Å². The molecular weight excluding hydrogens is 344 g/mol. The predicted octanol–water partition coefficient (Wildman–Crippen LogP) is 1.62. The van der Waals surface area contributed by atoms with Crippen molar-refractivity contribution in [3.8, 4) is 5.75 Å². The molecule has 0 atom stereocenters. The average molecular weight is 368 g/mol. The van der Waals surface area contributed by atoms with Crippen LogP contribution in [0.2, 0.25) is 0 Å². The molecule has 8 nitrogen and oxygen atoms in total. The monoisotopic (exact) mass is 368 g/mol. The van der Waals surface area contributed by atoms with Gasteiger partial charge in [0.15, 0.2) is 5.75 Å². The summed E-state index contributed by atoms with van der Waals surface area (Å²) in [4.78, 5) is 16.4. The van der Waals surface area contributed by atoms with Crippen molar-refractivity contribution in [2.75, 3.05) is 29.7 Å². The van der Waals surface area contributed by atoms with Crippen LogP contribution >= 0.6 is 0 Å². The Bertz CT molecular complexity index is 745. The van der Waals surface area contributed by atoms with E-state index in [2.05, 4.69) is 15.5 Å². The zero-order chi connectivity index (χ0) is 17.9. The molecule has 25 heavy (non-hydrogen) atoms. The Morgan fingerprint density at radius 1 is 1.20 bits per heavy atom. The van der Waals surface area contributed by atoms with Crippen molar-refractivity contribution in [3.63, 3.8) is 0 Å². The Hall–Kier alpha value is -2.00. The number of fused-ring (bicyclic) bond motifs is 1. The smallest absolute Gasteiger partial charge is 0.301 e. The molecule has 0 unspecified atom stereocenters. The number of rotatable bonds is 5. The minimum Gasteiger partial charge on any atom is -0.383 e. The number of nitrogens with one attached hydrogen (secondary N) is 3. The fourth-order valence-electron chi connectivity index (χ4n) is 3.17. The molecule has 0 radical (unpaired) electrons. The zero-order valence-corrected chi connectivity index (χ0v) is 15.1. The standard InChI is InChI=1S/C16H24N4O4S/c1-12(21)18-24-15-8-7-14(16-13(15)6-5-9-17-16)19-25(22,23)20-10-3-2-4-11-20/h7-8,17,19H,2-6,9-11H2,1H3,(H,18,21). The lowest BCUT2D eigenvalue weighted by Crippen LogP contribution is -2.39. The number of hydrogen-bond donors (Lipinski definition) is 3. The third-order valence-electron chi connectivity index (χ3n) is 4.37. The Balaban J connectivity index is 1.85. The van der Waals surface area contributed by atoms with E-state index in [1.54, 1.807) is 12.1 Å². The Labute approximate surface area is 148 Å². The van der Waals surface area contributed by atoms with Gasteiger partial charge in [-0.3, -0.25) is 9.52 Å². The van der Waals surface area contributed by atoms with Crippen LogP contribution in [0.3, 0.4) is 0 Å². The molecule has 1 fully saturated rings. The maximum absolute atomic E-state index is 12.6. The van der Waals surface area contributed by atoms with Gasteiger partial charge >= 0.3 is 10.2 Å². The van der Waals surface area contributed by atoms with Crippen LogP contribution in [0.25, 0.3) is 0 Å². The summed E-state index contributed by atoms with van der Waals surface area (Å²) in [6.45, 7) is 3.23. The van der Waals surface area contributed by atoms with Crippen LogP contribution in [0, 0.1) is 0 Å². The lowest BCUT2D eigenvalue weighted by atomic mass is 10.0.